The predicted molar refractivity (Wildman–Crippen MR) is 94.6 cm³/mol. The van der Waals surface area contributed by atoms with Crippen LogP contribution in [0.25, 0.3) is 0 Å². The van der Waals surface area contributed by atoms with Crippen molar-refractivity contribution in [1.29, 1.82) is 0 Å². The van der Waals surface area contributed by atoms with E-state index in [0.29, 0.717) is 11.8 Å². The summed E-state index contributed by atoms with van der Waals surface area (Å²) < 4.78 is 5.30. The molecule has 24 heavy (non-hydrogen) atoms. The van der Waals surface area contributed by atoms with Gasteiger partial charge in [0.15, 0.2) is 0 Å². The molecule has 1 atom stereocenters. The molecule has 1 fully saturated rings. The number of carbonyl (C=O) groups is 1. The van der Waals surface area contributed by atoms with Gasteiger partial charge >= 0.3 is 5.97 Å². The van der Waals surface area contributed by atoms with Crippen molar-refractivity contribution in [3.63, 3.8) is 0 Å². The summed E-state index contributed by atoms with van der Waals surface area (Å²) in [5.74, 6) is 0.354. The molecule has 2 aromatic carbocycles. The first kappa shape index (κ1) is 15.2. The average molecular weight is 322 g/mol. The van der Waals surface area contributed by atoms with Gasteiger partial charge in [0.2, 0.25) is 0 Å². The van der Waals surface area contributed by atoms with Crippen LogP contribution in [0.3, 0.4) is 0 Å². The van der Waals surface area contributed by atoms with Crippen molar-refractivity contribution in [1.82, 2.24) is 4.90 Å². The normalized spacial score (nSPS) is 19.8. The van der Waals surface area contributed by atoms with Gasteiger partial charge in [-0.05, 0) is 48.4 Å². The van der Waals surface area contributed by atoms with Crippen molar-refractivity contribution >= 4 is 11.7 Å². The minimum atomic E-state index is -0.276. The van der Waals surface area contributed by atoms with Crippen molar-refractivity contribution in [2.24, 2.45) is 0 Å². The first-order chi connectivity index (χ1) is 11.6. The Hall–Kier alpha value is -2.33. The molecule has 4 nitrogen and oxygen atoms in total. The Kier molecular flexibility index (Phi) is 3.77. The fourth-order valence-corrected chi connectivity index (χ4v) is 3.91. The number of rotatable bonds is 1. The summed E-state index contributed by atoms with van der Waals surface area (Å²) in [6.07, 6.45) is 0.872. The first-order valence-electron chi connectivity index (χ1n) is 8.46. The number of nitrogens with zero attached hydrogens (tertiary/aromatic N) is 2. The molecule has 1 unspecified atom stereocenters. The van der Waals surface area contributed by atoms with E-state index in [4.69, 9.17) is 4.74 Å². The van der Waals surface area contributed by atoms with Crippen LogP contribution < -0.4 is 9.64 Å². The Balaban J connectivity index is 1.82. The van der Waals surface area contributed by atoms with Crippen molar-refractivity contribution in [2.75, 3.05) is 31.6 Å². The van der Waals surface area contributed by atoms with Crippen LogP contribution in [0.15, 0.2) is 42.5 Å². The van der Waals surface area contributed by atoms with Gasteiger partial charge in [-0.1, -0.05) is 24.3 Å². The highest BCUT2D eigenvalue weighted by Gasteiger charge is 2.32. The predicted octanol–water partition coefficient (Wildman–Crippen LogP) is 3.01. The molecule has 0 saturated carbocycles. The largest absolute Gasteiger partial charge is 0.427 e. The second kappa shape index (κ2) is 5.95. The van der Waals surface area contributed by atoms with Crippen molar-refractivity contribution < 1.29 is 9.53 Å². The molecule has 2 aromatic rings. The van der Waals surface area contributed by atoms with E-state index in [0.717, 1.165) is 26.1 Å². The number of ether oxygens (including phenoxy) is 1. The molecule has 2 heterocycles. The highest BCUT2D eigenvalue weighted by molar-refractivity contribution is 5.70. The first-order valence-corrected chi connectivity index (χ1v) is 8.46. The molecule has 0 aliphatic carbocycles. The van der Waals surface area contributed by atoms with E-state index in [-0.39, 0.29) is 5.97 Å². The Morgan fingerprint density at radius 3 is 2.79 bits per heavy atom. The van der Waals surface area contributed by atoms with E-state index in [1.165, 1.54) is 29.3 Å². The maximum absolute atomic E-state index is 11.3. The molecule has 0 spiro atoms. The summed E-state index contributed by atoms with van der Waals surface area (Å²) >= 11 is 0. The zero-order chi connectivity index (χ0) is 16.7. The van der Waals surface area contributed by atoms with Gasteiger partial charge < -0.3 is 14.5 Å². The second-order valence-electron chi connectivity index (χ2n) is 6.73. The summed E-state index contributed by atoms with van der Waals surface area (Å²) in [5, 5.41) is 0. The van der Waals surface area contributed by atoms with Crippen LogP contribution in [-0.4, -0.2) is 37.6 Å². The molecule has 124 valence electrons. The minimum Gasteiger partial charge on any atom is -0.427 e. The molecule has 0 amide bonds. The molecule has 2 aliphatic heterocycles. The third-order valence-corrected chi connectivity index (χ3v) is 5.00. The molecule has 4 heteroatoms. The minimum absolute atomic E-state index is 0.276. The lowest BCUT2D eigenvalue weighted by atomic mass is 9.96. The third-order valence-electron chi connectivity index (χ3n) is 5.00. The van der Waals surface area contributed by atoms with Crippen LogP contribution >= 0.6 is 0 Å². The van der Waals surface area contributed by atoms with Crippen molar-refractivity contribution in [3.05, 3.63) is 59.2 Å². The smallest absolute Gasteiger partial charge is 0.308 e. The molecular formula is C20H22N2O2. The number of esters is 1. The number of carbonyl (C=O) groups excluding carboxylic acids is 1. The Morgan fingerprint density at radius 2 is 1.96 bits per heavy atom. The summed E-state index contributed by atoms with van der Waals surface area (Å²) in [5.41, 5.74) is 5.27. The zero-order valence-electron chi connectivity index (χ0n) is 14.2. The molecular weight excluding hydrogens is 300 g/mol. The van der Waals surface area contributed by atoms with E-state index >= 15 is 0 Å². The Morgan fingerprint density at radius 1 is 1.12 bits per heavy atom. The van der Waals surface area contributed by atoms with Crippen molar-refractivity contribution in [2.45, 2.75) is 19.4 Å². The maximum atomic E-state index is 11.3. The van der Waals surface area contributed by atoms with E-state index in [9.17, 15) is 4.79 Å². The van der Waals surface area contributed by atoms with Gasteiger partial charge in [-0.2, -0.15) is 0 Å². The lowest BCUT2D eigenvalue weighted by molar-refractivity contribution is -0.131. The lowest BCUT2D eigenvalue weighted by Crippen LogP contribution is -2.46. The highest BCUT2D eigenvalue weighted by atomic mass is 16.5. The van der Waals surface area contributed by atoms with Crippen LogP contribution in [-0.2, 0) is 11.2 Å². The molecule has 0 aromatic heterocycles. The summed E-state index contributed by atoms with van der Waals surface area (Å²) in [6, 6.07) is 15.1. The molecule has 4 rings (SSSR count). The summed E-state index contributed by atoms with van der Waals surface area (Å²) in [4.78, 5) is 16.2. The molecule has 1 saturated heterocycles. The number of fused-ring (bicyclic) bond motifs is 5. The number of likely N-dealkylation sites (N-methyl/N-ethyl adjacent to an activating group) is 1. The lowest BCUT2D eigenvalue weighted by Gasteiger charge is -2.41. The summed E-state index contributed by atoms with van der Waals surface area (Å²) in [6.45, 7) is 4.54. The van der Waals surface area contributed by atoms with E-state index < -0.39 is 0 Å². The van der Waals surface area contributed by atoms with E-state index in [1.54, 1.807) is 0 Å². The fourth-order valence-electron chi connectivity index (χ4n) is 3.91. The van der Waals surface area contributed by atoms with Crippen LogP contribution in [0.2, 0.25) is 0 Å². The Bertz CT molecular complexity index is 787. The average Bonchev–Trinajstić information content (AvgIpc) is 2.68. The standard InChI is InChI=1S/C20H22N2O2/c1-14(23)24-17-7-8-19-16(12-17)11-15-5-3-4-6-18(15)20-13-21(2)9-10-22(19)20/h3-8,12,20H,9-11,13H2,1-2H3. The van der Waals surface area contributed by atoms with Gasteiger partial charge in [0.05, 0.1) is 6.04 Å². The number of hydrogen-bond acceptors (Lipinski definition) is 4. The van der Waals surface area contributed by atoms with E-state index in [2.05, 4.69) is 47.2 Å². The van der Waals surface area contributed by atoms with Gasteiger partial charge in [0.1, 0.15) is 5.75 Å². The van der Waals surface area contributed by atoms with Gasteiger partial charge in [-0.3, -0.25) is 4.79 Å². The molecule has 0 N–H and O–H groups in total. The maximum Gasteiger partial charge on any atom is 0.308 e. The molecule has 0 radical (unpaired) electrons. The SMILES string of the molecule is CC(=O)Oc1ccc2c(c1)Cc1ccccc1C1CN(C)CCN21. The number of hydrogen-bond donors (Lipinski definition) is 0. The number of piperazine rings is 1. The van der Waals surface area contributed by atoms with Gasteiger partial charge in [-0.25, -0.2) is 0 Å². The monoisotopic (exact) mass is 322 g/mol. The molecule has 2 aliphatic rings. The molecule has 0 bridgehead atoms. The number of benzene rings is 2. The van der Waals surface area contributed by atoms with Crippen LogP contribution in [0, 0.1) is 0 Å². The third kappa shape index (κ3) is 2.67. The van der Waals surface area contributed by atoms with Crippen molar-refractivity contribution in [3.8, 4) is 5.75 Å². The van der Waals surface area contributed by atoms with Crippen LogP contribution in [0.5, 0.6) is 5.75 Å². The zero-order valence-corrected chi connectivity index (χ0v) is 14.2. The van der Waals surface area contributed by atoms with Crippen LogP contribution in [0.4, 0.5) is 5.69 Å². The van der Waals surface area contributed by atoms with Gasteiger partial charge in [0, 0.05) is 32.2 Å². The quantitative estimate of drug-likeness (QED) is 0.597. The van der Waals surface area contributed by atoms with Gasteiger partial charge in [0.25, 0.3) is 0 Å². The van der Waals surface area contributed by atoms with Crippen LogP contribution in [0.1, 0.15) is 29.7 Å². The van der Waals surface area contributed by atoms with E-state index in [1.807, 2.05) is 12.1 Å². The van der Waals surface area contributed by atoms with Gasteiger partial charge in [-0.15, -0.1) is 0 Å². The topological polar surface area (TPSA) is 32.8 Å². The second-order valence-corrected chi connectivity index (χ2v) is 6.73. The Labute approximate surface area is 142 Å². The fraction of sp³-hybridized carbons (Fsp3) is 0.350. The highest BCUT2D eigenvalue weighted by Crippen LogP contribution is 2.40. The summed E-state index contributed by atoms with van der Waals surface area (Å²) in [7, 11) is 2.19. The number of anilines is 1.